The Morgan fingerprint density at radius 2 is 1.69 bits per heavy atom. The Morgan fingerprint density at radius 3 is 2.06 bits per heavy atom. The minimum Gasteiger partial charge on any atom is -0.337 e. The topological polar surface area (TPSA) is 20.3 Å². The molecule has 2 bridgehead atoms. The van der Waals surface area contributed by atoms with Gasteiger partial charge in [0.1, 0.15) is 0 Å². The maximum Gasteiger partial charge on any atom is 0.219 e. The van der Waals surface area contributed by atoms with Crippen LogP contribution in [0.3, 0.4) is 0 Å². The van der Waals surface area contributed by atoms with Crippen molar-refractivity contribution in [2.24, 2.45) is 11.3 Å². The lowest BCUT2D eigenvalue weighted by Crippen LogP contribution is -2.46. The van der Waals surface area contributed by atoms with Crippen molar-refractivity contribution in [2.45, 2.75) is 71.9 Å². The highest BCUT2D eigenvalue weighted by molar-refractivity contribution is 5.74. The van der Waals surface area contributed by atoms with Crippen molar-refractivity contribution in [1.82, 2.24) is 4.90 Å². The summed E-state index contributed by atoms with van der Waals surface area (Å²) in [6.45, 7) is 8.71. The molecule has 0 aromatic heterocycles. The molecule has 2 saturated heterocycles. The van der Waals surface area contributed by atoms with Crippen LogP contribution in [0.5, 0.6) is 0 Å². The van der Waals surface area contributed by atoms with E-state index in [-0.39, 0.29) is 0 Å². The smallest absolute Gasteiger partial charge is 0.219 e. The third kappa shape index (κ3) is 2.41. The monoisotopic (exact) mass is 223 g/mol. The number of nitrogens with zero attached hydrogens (tertiary/aromatic N) is 1. The molecule has 92 valence electrons. The van der Waals surface area contributed by atoms with Gasteiger partial charge in [-0.15, -0.1) is 0 Å². The van der Waals surface area contributed by atoms with Crippen LogP contribution in [0.25, 0.3) is 0 Å². The number of piperidine rings is 1. The maximum absolute atomic E-state index is 11.6. The van der Waals surface area contributed by atoms with Crippen molar-refractivity contribution in [2.75, 3.05) is 0 Å². The average molecular weight is 223 g/mol. The molecule has 0 aromatic carbocycles. The normalized spacial score (nSPS) is 34.2. The average Bonchev–Trinajstić information content (AvgIpc) is 2.36. The van der Waals surface area contributed by atoms with Crippen LogP contribution in [-0.2, 0) is 4.79 Å². The van der Waals surface area contributed by atoms with Gasteiger partial charge in [-0.3, -0.25) is 4.79 Å². The van der Waals surface area contributed by atoms with Crippen molar-refractivity contribution in [3.63, 3.8) is 0 Å². The SMILES string of the molecule is CC(=O)N1[C@@H]2CC[C@H]1C[C@H](CC(C)(C)C)C2. The molecule has 3 atom stereocenters. The molecule has 2 heterocycles. The van der Waals surface area contributed by atoms with E-state index in [2.05, 4.69) is 25.7 Å². The van der Waals surface area contributed by atoms with E-state index in [9.17, 15) is 4.79 Å². The van der Waals surface area contributed by atoms with E-state index in [4.69, 9.17) is 0 Å². The Morgan fingerprint density at radius 1 is 1.19 bits per heavy atom. The number of hydrogen-bond acceptors (Lipinski definition) is 1. The van der Waals surface area contributed by atoms with Gasteiger partial charge in [0.25, 0.3) is 0 Å². The van der Waals surface area contributed by atoms with Crippen LogP contribution in [0.15, 0.2) is 0 Å². The molecular formula is C14H25NO. The summed E-state index contributed by atoms with van der Waals surface area (Å²) in [6, 6.07) is 1.12. The minimum atomic E-state index is 0.293. The van der Waals surface area contributed by atoms with E-state index in [0.717, 1.165) is 5.92 Å². The number of fused-ring (bicyclic) bond motifs is 2. The molecule has 0 saturated carbocycles. The Kier molecular flexibility index (Phi) is 3.02. The van der Waals surface area contributed by atoms with E-state index in [1.165, 1.54) is 32.1 Å². The van der Waals surface area contributed by atoms with Crippen LogP contribution in [0, 0.1) is 11.3 Å². The maximum atomic E-state index is 11.6. The van der Waals surface area contributed by atoms with Crippen LogP contribution in [0.2, 0.25) is 0 Å². The van der Waals surface area contributed by atoms with E-state index >= 15 is 0 Å². The summed E-state index contributed by atoms with van der Waals surface area (Å²) >= 11 is 0. The zero-order valence-corrected chi connectivity index (χ0v) is 11.1. The van der Waals surface area contributed by atoms with Crippen molar-refractivity contribution in [3.05, 3.63) is 0 Å². The van der Waals surface area contributed by atoms with Gasteiger partial charge in [0.15, 0.2) is 0 Å². The van der Waals surface area contributed by atoms with Crippen molar-refractivity contribution in [3.8, 4) is 0 Å². The molecule has 16 heavy (non-hydrogen) atoms. The first kappa shape index (κ1) is 11.9. The van der Waals surface area contributed by atoms with Gasteiger partial charge in [0.05, 0.1) is 0 Å². The molecule has 0 aliphatic carbocycles. The summed E-state index contributed by atoms with van der Waals surface area (Å²) in [5.41, 5.74) is 0.433. The predicted octanol–water partition coefficient (Wildman–Crippen LogP) is 3.21. The van der Waals surface area contributed by atoms with Crippen LogP contribution in [0.4, 0.5) is 0 Å². The van der Waals surface area contributed by atoms with E-state index in [1.807, 2.05) is 0 Å². The second-order valence-electron chi connectivity index (χ2n) is 6.91. The van der Waals surface area contributed by atoms with Gasteiger partial charge in [-0.05, 0) is 43.4 Å². The molecule has 2 aliphatic rings. The van der Waals surface area contributed by atoms with Gasteiger partial charge in [-0.1, -0.05) is 20.8 Å². The lowest BCUT2D eigenvalue weighted by atomic mass is 9.78. The largest absolute Gasteiger partial charge is 0.337 e. The molecule has 0 aromatic rings. The summed E-state index contributed by atoms with van der Waals surface area (Å²) in [6.07, 6.45) is 6.28. The molecule has 2 heteroatoms. The van der Waals surface area contributed by atoms with Crippen molar-refractivity contribution in [1.29, 1.82) is 0 Å². The van der Waals surface area contributed by atoms with E-state index in [1.54, 1.807) is 6.92 Å². The van der Waals surface area contributed by atoms with Crippen LogP contribution >= 0.6 is 0 Å². The standard InChI is InChI=1S/C14H25NO/c1-10(16)15-12-5-6-13(15)8-11(7-12)9-14(2,3)4/h11-13H,5-9H2,1-4H3/t11-,12-,13+. The highest BCUT2D eigenvalue weighted by Crippen LogP contribution is 2.42. The molecule has 0 unspecified atom stereocenters. The predicted molar refractivity (Wildman–Crippen MR) is 66.1 cm³/mol. The number of hydrogen-bond donors (Lipinski definition) is 0. The zero-order chi connectivity index (χ0) is 11.9. The van der Waals surface area contributed by atoms with Crippen molar-refractivity contribution < 1.29 is 4.79 Å². The Bertz CT molecular complexity index is 265. The highest BCUT2D eigenvalue weighted by Gasteiger charge is 2.42. The van der Waals surface area contributed by atoms with Crippen LogP contribution in [-0.4, -0.2) is 22.9 Å². The Balaban J connectivity index is 2.00. The van der Waals surface area contributed by atoms with E-state index in [0.29, 0.717) is 23.4 Å². The number of carbonyl (C=O) groups is 1. The minimum absolute atomic E-state index is 0.293. The summed E-state index contributed by atoms with van der Waals surface area (Å²) in [4.78, 5) is 13.7. The third-order valence-corrected chi connectivity index (χ3v) is 4.10. The molecule has 0 radical (unpaired) electrons. The fourth-order valence-electron chi connectivity index (χ4n) is 3.84. The van der Waals surface area contributed by atoms with Gasteiger partial charge < -0.3 is 4.90 Å². The van der Waals surface area contributed by atoms with Crippen molar-refractivity contribution >= 4 is 5.91 Å². The fourth-order valence-corrected chi connectivity index (χ4v) is 3.84. The van der Waals surface area contributed by atoms with Crippen LogP contribution in [0.1, 0.15) is 59.8 Å². The molecule has 2 aliphatic heterocycles. The highest BCUT2D eigenvalue weighted by atomic mass is 16.2. The van der Waals surface area contributed by atoms with Gasteiger partial charge in [-0.25, -0.2) is 0 Å². The third-order valence-electron chi connectivity index (χ3n) is 4.10. The van der Waals surface area contributed by atoms with Crippen LogP contribution < -0.4 is 0 Å². The Hall–Kier alpha value is -0.530. The molecule has 2 fully saturated rings. The van der Waals surface area contributed by atoms with E-state index < -0.39 is 0 Å². The summed E-state index contributed by atoms with van der Waals surface area (Å²) < 4.78 is 0. The van der Waals surface area contributed by atoms with Gasteiger partial charge >= 0.3 is 0 Å². The quantitative estimate of drug-likeness (QED) is 0.668. The molecule has 0 spiro atoms. The molecule has 2 nitrogen and oxygen atoms in total. The molecule has 1 amide bonds. The van der Waals surface area contributed by atoms with Gasteiger partial charge in [-0.2, -0.15) is 0 Å². The summed E-state index contributed by atoms with van der Waals surface area (Å²) in [7, 11) is 0. The van der Waals surface area contributed by atoms with Gasteiger partial charge in [0.2, 0.25) is 5.91 Å². The molecule has 0 N–H and O–H groups in total. The van der Waals surface area contributed by atoms with Gasteiger partial charge in [0, 0.05) is 19.0 Å². The lowest BCUT2D eigenvalue weighted by Gasteiger charge is -2.40. The molecular weight excluding hydrogens is 198 g/mol. The zero-order valence-electron chi connectivity index (χ0n) is 11.1. The first-order valence-electron chi connectivity index (χ1n) is 6.66. The fraction of sp³-hybridized carbons (Fsp3) is 0.929. The second kappa shape index (κ2) is 4.05. The summed E-state index contributed by atoms with van der Waals surface area (Å²) in [5.74, 6) is 1.13. The molecule has 2 rings (SSSR count). The lowest BCUT2D eigenvalue weighted by molar-refractivity contribution is -0.134. The number of amides is 1. The number of rotatable bonds is 1. The summed E-state index contributed by atoms with van der Waals surface area (Å²) in [5, 5.41) is 0. The first-order valence-corrected chi connectivity index (χ1v) is 6.66. The first-order chi connectivity index (χ1) is 7.37. The Labute approximate surface area is 99.4 Å². The number of carbonyl (C=O) groups excluding carboxylic acids is 1. The second-order valence-corrected chi connectivity index (χ2v) is 6.91.